The lowest BCUT2D eigenvalue weighted by molar-refractivity contribution is -0.183. The first-order valence-corrected chi connectivity index (χ1v) is 5.87. The van der Waals surface area contributed by atoms with Crippen molar-refractivity contribution in [2.75, 3.05) is 27.8 Å². The zero-order chi connectivity index (χ0) is 13.9. The molecule has 1 fully saturated rings. The van der Waals surface area contributed by atoms with Gasteiger partial charge in [0.05, 0.1) is 20.1 Å². The van der Waals surface area contributed by atoms with Crippen molar-refractivity contribution in [3.63, 3.8) is 0 Å². The third-order valence-electron chi connectivity index (χ3n) is 3.62. The molecule has 0 radical (unpaired) electrons. The van der Waals surface area contributed by atoms with Gasteiger partial charge in [0.2, 0.25) is 5.91 Å². The Kier molecular flexibility index (Phi) is 4.32. The summed E-state index contributed by atoms with van der Waals surface area (Å²) in [5.41, 5.74) is -1.50. The van der Waals surface area contributed by atoms with Crippen LogP contribution in [-0.4, -0.2) is 50.6 Å². The molecular weight excluding hydrogens is 238 g/mol. The third kappa shape index (κ3) is 1.95. The van der Waals surface area contributed by atoms with E-state index < -0.39 is 23.3 Å². The normalized spacial score (nSPS) is 22.6. The summed E-state index contributed by atoms with van der Waals surface area (Å²) < 4.78 is 9.44. The lowest BCUT2D eigenvalue weighted by Crippen LogP contribution is -2.58. The fourth-order valence-corrected chi connectivity index (χ4v) is 2.56. The summed E-state index contributed by atoms with van der Waals surface area (Å²) in [6.45, 7) is 2.10. The Balaban J connectivity index is 3.27. The molecule has 6 nitrogen and oxygen atoms in total. The lowest BCUT2D eigenvalue weighted by Gasteiger charge is -2.41. The van der Waals surface area contributed by atoms with E-state index in [0.717, 1.165) is 0 Å². The van der Waals surface area contributed by atoms with Crippen LogP contribution in [0.25, 0.3) is 0 Å². The first kappa shape index (κ1) is 14.5. The van der Waals surface area contributed by atoms with E-state index in [2.05, 4.69) is 0 Å². The molecule has 1 saturated heterocycles. The molecule has 0 bridgehead atoms. The Labute approximate surface area is 106 Å². The van der Waals surface area contributed by atoms with E-state index in [9.17, 15) is 14.4 Å². The van der Waals surface area contributed by atoms with Crippen molar-refractivity contribution in [2.24, 2.45) is 11.3 Å². The first-order chi connectivity index (χ1) is 8.45. The third-order valence-corrected chi connectivity index (χ3v) is 3.62. The Morgan fingerprint density at radius 3 is 2.22 bits per heavy atom. The molecule has 0 aliphatic carbocycles. The number of methoxy groups -OCH3 is 2. The molecule has 18 heavy (non-hydrogen) atoms. The maximum Gasteiger partial charge on any atom is 0.324 e. The maximum atomic E-state index is 12.1. The molecule has 1 rings (SSSR count). The number of nitrogens with zero attached hydrogens (tertiary/aromatic N) is 1. The molecule has 0 aromatic carbocycles. The minimum Gasteiger partial charge on any atom is -0.468 e. The van der Waals surface area contributed by atoms with Crippen molar-refractivity contribution >= 4 is 17.8 Å². The summed E-state index contributed by atoms with van der Waals surface area (Å²) in [7, 11) is 4.08. The standard InChI is InChI=1S/C12H19NO5/c1-5-8-9(14)13(2)7-6-12(8,10(15)17-3)11(16)18-4/h8H,5-7H2,1-4H3/t8-/m1/s1. The molecule has 0 unspecified atom stereocenters. The fourth-order valence-electron chi connectivity index (χ4n) is 2.56. The molecule has 1 aliphatic heterocycles. The highest BCUT2D eigenvalue weighted by molar-refractivity contribution is 6.05. The van der Waals surface area contributed by atoms with E-state index in [1.54, 1.807) is 14.0 Å². The summed E-state index contributed by atoms with van der Waals surface area (Å²) in [4.78, 5) is 37.7. The zero-order valence-electron chi connectivity index (χ0n) is 11.2. The minimum atomic E-state index is -1.50. The first-order valence-electron chi connectivity index (χ1n) is 5.87. The van der Waals surface area contributed by atoms with Crippen molar-refractivity contribution in [1.29, 1.82) is 0 Å². The average Bonchev–Trinajstić information content (AvgIpc) is 2.39. The van der Waals surface area contributed by atoms with Gasteiger partial charge in [-0.25, -0.2) is 0 Å². The molecule has 1 heterocycles. The predicted octanol–water partition coefficient (Wildman–Crippen LogP) is 0.207. The summed E-state index contributed by atoms with van der Waals surface area (Å²) in [6, 6.07) is 0. The Morgan fingerprint density at radius 2 is 1.83 bits per heavy atom. The maximum absolute atomic E-state index is 12.1. The summed E-state index contributed by atoms with van der Waals surface area (Å²) >= 11 is 0. The SMILES string of the molecule is CC[C@@H]1C(=O)N(C)CCC1(C(=O)OC)C(=O)OC. The second-order valence-electron chi connectivity index (χ2n) is 4.43. The van der Waals surface area contributed by atoms with Gasteiger partial charge in [-0.1, -0.05) is 6.92 Å². The van der Waals surface area contributed by atoms with Gasteiger partial charge in [0, 0.05) is 13.6 Å². The predicted molar refractivity (Wildman–Crippen MR) is 62.5 cm³/mol. The highest BCUT2D eigenvalue weighted by Gasteiger charge is 2.59. The summed E-state index contributed by atoms with van der Waals surface area (Å²) in [6.07, 6.45) is 0.612. The van der Waals surface area contributed by atoms with E-state index in [0.29, 0.717) is 13.0 Å². The molecule has 0 aromatic heterocycles. The molecule has 1 atom stereocenters. The number of esters is 2. The molecule has 0 N–H and O–H groups in total. The summed E-state index contributed by atoms with van der Waals surface area (Å²) in [5, 5.41) is 0. The highest BCUT2D eigenvalue weighted by Crippen LogP contribution is 2.41. The van der Waals surface area contributed by atoms with Gasteiger partial charge in [-0.3, -0.25) is 14.4 Å². The van der Waals surface area contributed by atoms with Gasteiger partial charge in [-0.05, 0) is 12.8 Å². The smallest absolute Gasteiger partial charge is 0.324 e. The number of hydrogen-bond donors (Lipinski definition) is 0. The van der Waals surface area contributed by atoms with E-state index in [-0.39, 0.29) is 12.3 Å². The number of amides is 1. The van der Waals surface area contributed by atoms with Gasteiger partial charge < -0.3 is 14.4 Å². The minimum absolute atomic E-state index is 0.223. The van der Waals surface area contributed by atoms with Crippen LogP contribution in [0.2, 0.25) is 0 Å². The van der Waals surface area contributed by atoms with Gasteiger partial charge >= 0.3 is 11.9 Å². The molecule has 1 amide bonds. The topological polar surface area (TPSA) is 72.9 Å². The molecular formula is C12H19NO5. The van der Waals surface area contributed by atoms with Crippen molar-refractivity contribution < 1.29 is 23.9 Å². The molecule has 0 spiro atoms. The Bertz CT molecular complexity index is 349. The van der Waals surface area contributed by atoms with Gasteiger partial charge in [-0.2, -0.15) is 0 Å². The monoisotopic (exact) mass is 257 g/mol. The van der Waals surface area contributed by atoms with Gasteiger partial charge in [0.15, 0.2) is 5.41 Å². The number of piperidine rings is 1. The van der Waals surface area contributed by atoms with Crippen LogP contribution in [0.15, 0.2) is 0 Å². The highest BCUT2D eigenvalue weighted by atomic mass is 16.5. The van der Waals surface area contributed by atoms with Crippen LogP contribution in [-0.2, 0) is 23.9 Å². The second-order valence-corrected chi connectivity index (χ2v) is 4.43. The van der Waals surface area contributed by atoms with Crippen LogP contribution >= 0.6 is 0 Å². The van der Waals surface area contributed by atoms with Crippen LogP contribution in [0.1, 0.15) is 19.8 Å². The van der Waals surface area contributed by atoms with Crippen molar-refractivity contribution in [2.45, 2.75) is 19.8 Å². The van der Waals surface area contributed by atoms with Crippen LogP contribution in [0.3, 0.4) is 0 Å². The van der Waals surface area contributed by atoms with Gasteiger partial charge in [-0.15, -0.1) is 0 Å². The van der Waals surface area contributed by atoms with Gasteiger partial charge in [0.1, 0.15) is 0 Å². The number of ether oxygens (including phenoxy) is 2. The Hall–Kier alpha value is -1.59. The number of likely N-dealkylation sites (tertiary alicyclic amines) is 1. The van der Waals surface area contributed by atoms with Crippen LogP contribution in [0, 0.1) is 11.3 Å². The number of carbonyl (C=O) groups excluding carboxylic acids is 3. The van der Waals surface area contributed by atoms with E-state index in [1.165, 1.54) is 19.1 Å². The van der Waals surface area contributed by atoms with Crippen LogP contribution in [0.4, 0.5) is 0 Å². The van der Waals surface area contributed by atoms with E-state index in [1.807, 2.05) is 0 Å². The number of hydrogen-bond acceptors (Lipinski definition) is 5. The molecule has 102 valence electrons. The van der Waals surface area contributed by atoms with Crippen LogP contribution < -0.4 is 0 Å². The van der Waals surface area contributed by atoms with Crippen LogP contribution in [0.5, 0.6) is 0 Å². The molecule has 0 aromatic rings. The van der Waals surface area contributed by atoms with Crippen molar-refractivity contribution in [3.05, 3.63) is 0 Å². The molecule has 1 aliphatic rings. The van der Waals surface area contributed by atoms with E-state index >= 15 is 0 Å². The number of rotatable bonds is 3. The fraction of sp³-hybridized carbons (Fsp3) is 0.750. The summed E-state index contributed by atoms with van der Waals surface area (Å²) in [5.74, 6) is -2.33. The van der Waals surface area contributed by atoms with Gasteiger partial charge in [0.25, 0.3) is 0 Å². The number of carbonyl (C=O) groups is 3. The van der Waals surface area contributed by atoms with Crippen molar-refractivity contribution in [1.82, 2.24) is 4.90 Å². The lowest BCUT2D eigenvalue weighted by atomic mass is 9.68. The zero-order valence-corrected chi connectivity index (χ0v) is 11.2. The van der Waals surface area contributed by atoms with E-state index in [4.69, 9.17) is 9.47 Å². The Morgan fingerprint density at radius 1 is 1.33 bits per heavy atom. The quantitative estimate of drug-likeness (QED) is 0.533. The molecule has 0 saturated carbocycles. The largest absolute Gasteiger partial charge is 0.468 e. The average molecular weight is 257 g/mol. The molecule has 6 heteroatoms. The van der Waals surface area contributed by atoms with Crippen molar-refractivity contribution in [3.8, 4) is 0 Å². The second kappa shape index (κ2) is 5.37.